The van der Waals surface area contributed by atoms with Gasteiger partial charge in [0.1, 0.15) is 18.4 Å². The molecule has 0 bridgehead atoms. The average Bonchev–Trinajstić information content (AvgIpc) is 3.26. The Hall–Kier alpha value is -4.17. The van der Waals surface area contributed by atoms with Crippen LogP contribution in [0.15, 0.2) is 66.7 Å². The highest BCUT2D eigenvalue weighted by molar-refractivity contribution is 5.86. The Morgan fingerprint density at radius 2 is 1.79 bits per heavy atom. The van der Waals surface area contributed by atoms with Gasteiger partial charge in [-0.3, -0.25) is 9.48 Å². The quantitative estimate of drug-likeness (QED) is 0.268. The summed E-state index contributed by atoms with van der Waals surface area (Å²) in [6.45, 7) is 6.37. The smallest absolute Gasteiger partial charge is 0.327 e. The fourth-order valence-corrected chi connectivity index (χ4v) is 4.33. The summed E-state index contributed by atoms with van der Waals surface area (Å²) >= 11 is 0. The van der Waals surface area contributed by atoms with Crippen LogP contribution < -0.4 is 10.5 Å². The molecule has 198 valence electrons. The maximum Gasteiger partial charge on any atom is 0.327 e. The number of ether oxygens (including phenoxy) is 2. The third-order valence-electron chi connectivity index (χ3n) is 6.26. The summed E-state index contributed by atoms with van der Waals surface area (Å²) in [4.78, 5) is 23.6. The third-order valence-corrected chi connectivity index (χ3v) is 6.26. The summed E-state index contributed by atoms with van der Waals surface area (Å²) in [6.07, 6.45) is -0.137. The van der Waals surface area contributed by atoms with E-state index in [-0.39, 0.29) is 18.9 Å². The van der Waals surface area contributed by atoms with Crippen molar-refractivity contribution in [1.29, 1.82) is 0 Å². The number of fused-ring (bicyclic) bond motifs is 1. The van der Waals surface area contributed by atoms with E-state index in [1.54, 1.807) is 32.0 Å². The van der Waals surface area contributed by atoms with Gasteiger partial charge in [0.05, 0.1) is 18.3 Å². The predicted molar refractivity (Wildman–Crippen MR) is 146 cm³/mol. The molecule has 3 N–H and O–H groups in total. The number of rotatable bonds is 11. The second-order valence-corrected chi connectivity index (χ2v) is 9.52. The van der Waals surface area contributed by atoms with Gasteiger partial charge in [-0.05, 0) is 73.4 Å². The van der Waals surface area contributed by atoms with Crippen molar-refractivity contribution < 1.29 is 24.2 Å². The van der Waals surface area contributed by atoms with Gasteiger partial charge in [-0.1, -0.05) is 42.5 Å². The minimum Gasteiger partial charge on any atom is -0.492 e. The van der Waals surface area contributed by atoms with Gasteiger partial charge in [0.2, 0.25) is 0 Å². The number of nitrogens with zero attached hydrogens (tertiary/aromatic N) is 2. The number of carboxylic acid groups (broad SMARTS) is 1. The molecule has 0 aliphatic rings. The third kappa shape index (κ3) is 6.58. The molecule has 4 rings (SSSR count). The Morgan fingerprint density at radius 1 is 1.03 bits per heavy atom. The van der Waals surface area contributed by atoms with Gasteiger partial charge in [-0.25, -0.2) is 4.79 Å². The van der Waals surface area contributed by atoms with Crippen LogP contribution in [0.3, 0.4) is 0 Å². The molecule has 0 saturated carbocycles. The van der Waals surface area contributed by atoms with Crippen molar-refractivity contribution in [3.05, 3.63) is 83.6 Å². The minimum absolute atomic E-state index is 0.0722. The number of benzene rings is 3. The van der Waals surface area contributed by atoms with Gasteiger partial charge < -0.3 is 20.3 Å². The van der Waals surface area contributed by atoms with Crippen LogP contribution in [-0.4, -0.2) is 39.5 Å². The number of esters is 1. The summed E-state index contributed by atoms with van der Waals surface area (Å²) in [5.41, 5.74) is 10.3. The van der Waals surface area contributed by atoms with Crippen LogP contribution in [0, 0.1) is 6.92 Å². The predicted octanol–water partition coefficient (Wildman–Crippen LogP) is 5.06. The van der Waals surface area contributed by atoms with E-state index in [1.807, 2.05) is 23.7 Å². The number of carbonyl (C=O) groups is 2. The molecule has 1 unspecified atom stereocenters. The molecule has 1 heterocycles. The van der Waals surface area contributed by atoms with Gasteiger partial charge in [0.25, 0.3) is 0 Å². The Morgan fingerprint density at radius 3 is 2.53 bits per heavy atom. The highest BCUT2D eigenvalue weighted by Crippen LogP contribution is 2.26. The summed E-state index contributed by atoms with van der Waals surface area (Å²) in [5, 5.41) is 16.2. The van der Waals surface area contributed by atoms with Crippen LogP contribution in [0.1, 0.15) is 43.1 Å². The van der Waals surface area contributed by atoms with Crippen LogP contribution >= 0.6 is 0 Å². The second-order valence-electron chi connectivity index (χ2n) is 9.52. The normalized spacial score (nSPS) is 12.0. The molecule has 3 aromatic carbocycles. The minimum atomic E-state index is -1.04. The molecule has 0 saturated heterocycles. The first-order valence-electron chi connectivity index (χ1n) is 12.7. The zero-order chi connectivity index (χ0) is 27.2. The van der Waals surface area contributed by atoms with Crippen molar-refractivity contribution in [1.82, 2.24) is 9.78 Å². The van der Waals surface area contributed by atoms with E-state index < -0.39 is 18.0 Å². The number of aliphatic carboxylic acids is 1. The summed E-state index contributed by atoms with van der Waals surface area (Å²) in [6, 6.07) is 20.8. The van der Waals surface area contributed by atoms with Gasteiger partial charge in [0, 0.05) is 17.7 Å². The lowest BCUT2D eigenvalue weighted by atomic mass is 9.97. The van der Waals surface area contributed by atoms with E-state index in [4.69, 9.17) is 25.4 Å². The van der Waals surface area contributed by atoms with Crippen molar-refractivity contribution in [2.75, 3.05) is 6.61 Å². The standard InChI is InChI=1S/C30H33N3O5/c1-19(2)38-30(36)29(31)26-18-25(12-10-22(26)11-13-28(34)35)37-15-14-33-20(3)16-27(32-33)24-9-8-21-6-4-5-7-23(21)17-24/h4-10,12,16-19,29H,11,13-15,31H2,1-3H3,(H,34,35). The number of carbonyl (C=O) groups excluding carboxylic acids is 1. The average molecular weight is 516 g/mol. The molecular weight excluding hydrogens is 482 g/mol. The topological polar surface area (TPSA) is 117 Å². The SMILES string of the molecule is Cc1cc(-c2ccc3ccccc3c2)nn1CCOc1ccc(CCC(=O)O)c(C(N)C(=O)OC(C)C)c1. The lowest BCUT2D eigenvalue weighted by Gasteiger charge is -2.18. The summed E-state index contributed by atoms with van der Waals surface area (Å²) in [7, 11) is 0. The van der Waals surface area contributed by atoms with Crippen LogP contribution in [0.4, 0.5) is 0 Å². The van der Waals surface area contributed by atoms with Gasteiger partial charge in [-0.15, -0.1) is 0 Å². The van der Waals surface area contributed by atoms with E-state index in [0.29, 0.717) is 30.0 Å². The Bertz CT molecular complexity index is 1440. The van der Waals surface area contributed by atoms with E-state index in [2.05, 4.69) is 36.4 Å². The molecule has 1 atom stereocenters. The van der Waals surface area contributed by atoms with Crippen molar-refractivity contribution in [3.8, 4) is 17.0 Å². The van der Waals surface area contributed by atoms with Gasteiger partial charge in [-0.2, -0.15) is 5.10 Å². The molecule has 38 heavy (non-hydrogen) atoms. The van der Waals surface area contributed by atoms with Crippen molar-refractivity contribution in [2.45, 2.75) is 52.3 Å². The largest absolute Gasteiger partial charge is 0.492 e. The molecule has 0 aliphatic heterocycles. The van der Waals surface area contributed by atoms with Gasteiger partial charge in [0.15, 0.2) is 0 Å². The molecule has 0 aliphatic carbocycles. The first-order valence-corrected chi connectivity index (χ1v) is 12.7. The zero-order valence-electron chi connectivity index (χ0n) is 21.9. The maximum absolute atomic E-state index is 12.5. The van der Waals surface area contributed by atoms with E-state index in [0.717, 1.165) is 17.0 Å². The molecule has 4 aromatic rings. The number of carboxylic acids is 1. The molecular formula is C30H33N3O5. The highest BCUT2D eigenvalue weighted by Gasteiger charge is 2.22. The van der Waals surface area contributed by atoms with Crippen LogP contribution in [0.5, 0.6) is 5.75 Å². The monoisotopic (exact) mass is 515 g/mol. The van der Waals surface area contributed by atoms with Crippen molar-refractivity contribution in [2.24, 2.45) is 5.73 Å². The maximum atomic E-state index is 12.5. The number of aromatic nitrogens is 2. The number of aryl methyl sites for hydroxylation is 2. The molecule has 8 nitrogen and oxygen atoms in total. The lowest BCUT2D eigenvalue weighted by molar-refractivity contribution is -0.149. The van der Waals surface area contributed by atoms with Crippen LogP contribution in [0.2, 0.25) is 0 Å². The fourth-order valence-electron chi connectivity index (χ4n) is 4.33. The van der Waals surface area contributed by atoms with E-state index in [1.165, 1.54) is 10.8 Å². The molecule has 0 fully saturated rings. The summed E-state index contributed by atoms with van der Waals surface area (Å²) < 4.78 is 13.2. The Labute approximate surface area is 222 Å². The van der Waals surface area contributed by atoms with Crippen LogP contribution in [0.25, 0.3) is 22.0 Å². The molecule has 0 amide bonds. The van der Waals surface area contributed by atoms with Gasteiger partial charge >= 0.3 is 11.9 Å². The summed E-state index contributed by atoms with van der Waals surface area (Å²) in [5.74, 6) is -0.958. The molecule has 8 heteroatoms. The number of hydrogen-bond donors (Lipinski definition) is 2. The van der Waals surface area contributed by atoms with Crippen LogP contribution in [-0.2, 0) is 27.3 Å². The Balaban J connectivity index is 1.46. The number of hydrogen-bond acceptors (Lipinski definition) is 6. The van der Waals surface area contributed by atoms with Crippen molar-refractivity contribution >= 4 is 22.7 Å². The molecule has 1 aromatic heterocycles. The zero-order valence-corrected chi connectivity index (χ0v) is 21.9. The van der Waals surface area contributed by atoms with E-state index in [9.17, 15) is 9.59 Å². The number of nitrogens with two attached hydrogens (primary N) is 1. The lowest BCUT2D eigenvalue weighted by Crippen LogP contribution is -2.27. The first kappa shape index (κ1) is 26.9. The first-order chi connectivity index (χ1) is 18.2. The van der Waals surface area contributed by atoms with E-state index >= 15 is 0 Å². The Kier molecular flexibility index (Phi) is 8.43. The molecule has 0 radical (unpaired) electrons. The fraction of sp³-hybridized carbons (Fsp3) is 0.300. The molecule has 0 spiro atoms. The second kappa shape index (κ2) is 11.9. The van der Waals surface area contributed by atoms with Crippen molar-refractivity contribution in [3.63, 3.8) is 0 Å². The highest BCUT2D eigenvalue weighted by atomic mass is 16.5.